The summed E-state index contributed by atoms with van der Waals surface area (Å²) >= 11 is 0. The standard InChI is InChI=1S/C17H15NO2/c1-12-8-17(13(2)7-16(12)10-20-11-19)15-5-3-14(9-18)4-6-15/h3-8,11H,10H2,1-2H3. The number of hydrogen-bond acceptors (Lipinski definition) is 3. The van der Waals surface area contributed by atoms with Crippen LogP contribution in [0.3, 0.4) is 0 Å². The van der Waals surface area contributed by atoms with Crippen LogP contribution in [-0.2, 0) is 16.1 Å². The zero-order valence-corrected chi connectivity index (χ0v) is 11.5. The molecule has 0 radical (unpaired) electrons. The number of hydrogen-bond donors (Lipinski definition) is 0. The van der Waals surface area contributed by atoms with E-state index in [1.54, 1.807) is 0 Å². The Balaban J connectivity index is 2.39. The molecule has 0 saturated heterocycles. The highest BCUT2D eigenvalue weighted by Crippen LogP contribution is 2.27. The molecule has 0 atom stereocenters. The minimum Gasteiger partial charge on any atom is -0.463 e. The highest BCUT2D eigenvalue weighted by Gasteiger charge is 2.07. The molecule has 0 spiro atoms. The van der Waals surface area contributed by atoms with Crippen molar-refractivity contribution in [1.29, 1.82) is 5.26 Å². The van der Waals surface area contributed by atoms with Gasteiger partial charge in [0.25, 0.3) is 6.47 Å². The normalized spacial score (nSPS) is 9.85. The Morgan fingerprint density at radius 1 is 1.15 bits per heavy atom. The Morgan fingerprint density at radius 3 is 2.45 bits per heavy atom. The van der Waals surface area contributed by atoms with E-state index in [0.29, 0.717) is 18.6 Å². The van der Waals surface area contributed by atoms with E-state index in [9.17, 15) is 4.79 Å². The summed E-state index contributed by atoms with van der Waals surface area (Å²) in [7, 11) is 0. The number of carbonyl (C=O) groups is 1. The van der Waals surface area contributed by atoms with Gasteiger partial charge < -0.3 is 4.74 Å². The third-order valence-electron chi connectivity index (χ3n) is 3.31. The van der Waals surface area contributed by atoms with Gasteiger partial charge in [0.2, 0.25) is 0 Å². The molecule has 0 unspecified atom stereocenters. The molecule has 0 heterocycles. The van der Waals surface area contributed by atoms with Crippen LogP contribution in [-0.4, -0.2) is 6.47 Å². The van der Waals surface area contributed by atoms with Gasteiger partial charge in [0.1, 0.15) is 6.61 Å². The lowest BCUT2D eigenvalue weighted by atomic mass is 9.95. The summed E-state index contributed by atoms with van der Waals surface area (Å²) in [6.07, 6.45) is 0. The fraction of sp³-hybridized carbons (Fsp3) is 0.176. The number of benzene rings is 2. The van der Waals surface area contributed by atoms with E-state index in [1.165, 1.54) is 0 Å². The van der Waals surface area contributed by atoms with Crippen molar-refractivity contribution in [3.63, 3.8) is 0 Å². The van der Waals surface area contributed by atoms with Crippen LogP contribution in [0.2, 0.25) is 0 Å². The Kier molecular flexibility index (Phi) is 4.17. The lowest BCUT2D eigenvalue weighted by molar-refractivity contribution is -0.129. The van der Waals surface area contributed by atoms with Crippen LogP contribution in [0.15, 0.2) is 36.4 Å². The summed E-state index contributed by atoms with van der Waals surface area (Å²) in [5, 5.41) is 8.82. The largest absolute Gasteiger partial charge is 0.463 e. The van der Waals surface area contributed by atoms with Crippen LogP contribution < -0.4 is 0 Å². The Bertz CT molecular complexity index is 667. The third kappa shape index (κ3) is 2.86. The van der Waals surface area contributed by atoms with Gasteiger partial charge in [0.15, 0.2) is 0 Å². The molecule has 0 fully saturated rings. The molecule has 100 valence electrons. The maximum Gasteiger partial charge on any atom is 0.293 e. The number of nitrogens with zero attached hydrogens (tertiary/aromatic N) is 1. The molecular formula is C17H15NO2. The number of nitriles is 1. The maximum absolute atomic E-state index is 10.3. The summed E-state index contributed by atoms with van der Waals surface area (Å²) in [4.78, 5) is 10.3. The summed E-state index contributed by atoms with van der Waals surface area (Å²) in [5.74, 6) is 0. The second kappa shape index (κ2) is 6.03. The zero-order valence-electron chi connectivity index (χ0n) is 11.5. The lowest BCUT2D eigenvalue weighted by Crippen LogP contribution is -1.96. The molecule has 2 aromatic rings. The van der Waals surface area contributed by atoms with Crippen LogP contribution in [0, 0.1) is 25.2 Å². The van der Waals surface area contributed by atoms with Crippen LogP contribution in [0.5, 0.6) is 0 Å². The van der Waals surface area contributed by atoms with Crippen molar-refractivity contribution >= 4 is 6.47 Å². The molecule has 0 saturated carbocycles. The van der Waals surface area contributed by atoms with Gasteiger partial charge in [-0.3, -0.25) is 4.79 Å². The molecule has 0 aliphatic heterocycles. The highest BCUT2D eigenvalue weighted by molar-refractivity contribution is 5.69. The first-order valence-electron chi connectivity index (χ1n) is 6.31. The van der Waals surface area contributed by atoms with Crippen molar-refractivity contribution in [2.75, 3.05) is 0 Å². The maximum atomic E-state index is 10.3. The molecule has 2 rings (SSSR count). The number of rotatable bonds is 4. The van der Waals surface area contributed by atoms with Gasteiger partial charge in [-0.25, -0.2) is 0 Å². The molecule has 2 aromatic carbocycles. The average molecular weight is 265 g/mol. The molecule has 0 aliphatic rings. The summed E-state index contributed by atoms with van der Waals surface area (Å²) in [5.41, 5.74) is 6.06. The van der Waals surface area contributed by atoms with E-state index in [-0.39, 0.29) is 0 Å². The van der Waals surface area contributed by atoms with Crippen LogP contribution in [0.4, 0.5) is 0 Å². The van der Waals surface area contributed by atoms with E-state index >= 15 is 0 Å². The van der Waals surface area contributed by atoms with Crippen molar-refractivity contribution in [3.8, 4) is 17.2 Å². The van der Waals surface area contributed by atoms with E-state index in [2.05, 4.69) is 12.1 Å². The van der Waals surface area contributed by atoms with Crippen molar-refractivity contribution in [2.24, 2.45) is 0 Å². The monoisotopic (exact) mass is 265 g/mol. The molecular weight excluding hydrogens is 250 g/mol. The van der Waals surface area contributed by atoms with Crippen LogP contribution >= 0.6 is 0 Å². The van der Waals surface area contributed by atoms with E-state index in [0.717, 1.165) is 27.8 Å². The van der Waals surface area contributed by atoms with Gasteiger partial charge in [-0.1, -0.05) is 24.3 Å². The van der Waals surface area contributed by atoms with Crippen LogP contribution in [0.1, 0.15) is 22.3 Å². The summed E-state index contributed by atoms with van der Waals surface area (Å²) in [6, 6.07) is 13.8. The minimum absolute atomic E-state index is 0.295. The van der Waals surface area contributed by atoms with Crippen molar-refractivity contribution in [3.05, 3.63) is 58.7 Å². The fourth-order valence-electron chi connectivity index (χ4n) is 2.19. The predicted octanol–water partition coefficient (Wildman–Crippen LogP) is 3.52. The van der Waals surface area contributed by atoms with Gasteiger partial charge >= 0.3 is 0 Å². The van der Waals surface area contributed by atoms with Gasteiger partial charge in [-0.2, -0.15) is 5.26 Å². The number of aryl methyl sites for hydroxylation is 2. The van der Waals surface area contributed by atoms with Gasteiger partial charge in [0.05, 0.1) is 11.6 Å². The number of ether oxygens (including phenoxy) is 1. The first kappa shape index (κ1) is 13.8. The predicted molar refractivity (Wildman–Crippen MR) is 76.9 cm³/mol. The van der Waals surface area contributed by atoms with Crippen molar-refractivity contribution in [2.45, 2.75) is 20.5 Å². The quantitative estimate of drug-likeness (QED) is 0.795. The lowest BCUT2D eigenvalue weighted by Gasteiger charge is -2.12. The minimum atomic E-state index is 0.295. The molecule has 20 heavy (non-hydrogen) atoms. The first-order valence-corrected chi connectivity index (χ1v) is 6.31. The van der Waals surface area contributed by atoms with Crippen LogP contribution in [0.25, 0.3) is 11.1 Å². The number of carbonyl (C=O) groups excluding carboxylic acids is 1. The Hall–Kier alpha value is -2.60. The summed E-state index contributed by atoms with van der Waals surface area (Å²) in [6.45, 7) is 4.78. The molecule has 0 aliphatic carbocycles. The molecule has 3 heteroatoms. The Labute approximate surface area is 118 Å². The smallest absolute Gasteiger partial charge is 0.293 e. The average Bonchev–Trinajstić information content (AvgIpc) is 2.48. The fourth-order valence-corrected chi connectivity index (χ4v) is 2.19. The van der Waals surface area contributed by atoms with E-state index in [4.69, 9.17) is 10.00 Å². The van der Waals surface area contributed by atoms with Gasteiger partial charge in [0, 0.05) is 0 Å². The van der Waals surface area contributed by atoms with Gasteiger partial charge in [-0.15, -0.1) is 0 Å². The van der Waals surface area contributed by atoms with Crippen molar-refractivity contribution < 1.29 is 9.53 Å². The Morgan fingerprint density at radius 2 is 1.85 bits per heavy atom. The second-order valence-electron chi connectivity index (χ2n) is 4.69. The van der Waals surface area contributed by atoms with Crippen molar-refractivity contribution in [1.82, 2.24) is 0 Å². The molecule has 0 bridgehead atoms. The van der Waals surface area contributed by atoms with E-state index < -0.39 is 0 Å². The SMILES string of the molecule is Cc1cc(-c2ccc(C#N)cc2)c(C)cc1COC=O. The highest BCUT2D eigenvalue weighted by atomic mass is 16.5. The topological polar surface area (TPSA) is 50.1 Å². The second-order valence-corrected chi connectivity index (χ2v) is 4.69. The molecule has 0 amide bonds. The molecule has 0 N–H and O–H groups in total. The summed E-state index contributed by atoms with van der Waals surface area (Å²) < 4.78 is 4.81. The third-order valence-corrected chi connectivity index (χ3v) is 3.31. The molecule has 3 nitrogen and oxygen atoms in total. The zero-order chi connectivity index (χ0) is 14.5. The van der Waals surface area contributed by atoms with Gasteiger partial charge in [-0.05, 0) is 53.8 Å². The first-order chi connectivity index (χ1) is 9.65. The van der Waals surface area contributed by atoms with E-state index in [1.807, 2.05) is 44.2 Å². The molecule has 0 aromatic heterocycles.